The zero-order valence-corrected chi connectivity index (χ0v) is 11.8. The fourth-order valence-electron chi connectivity index (χ4n) is 2.79. The Hall–Kier alpha value is -0.220. The average Bonchev–Trinajstić information content (AvgIpc) is 3.06. The van der Waals surface area contributed by atoms with E-state index in [0.29, 0.717) is 29.8 Å². The molecule has 17 heavy (non-hydrogen) atoms. The van der Waals surface area contributed by atoms with Crippen LogP contribution in [0.5, 0.6) is 0 Å². The molecule has 0 radical (unpaired) electrons. The maximum absolute atomic E-state index is 12.1. The fourth-order valence-corrected chi connectivity index (χ4v) is 3.75. The van der Waals surface area contributed by atoms with Crippen molar-refractivity contribution in [3.05, 3.63) is 0 Å². The van der Waals surface area contributed by atoms with E-state index in [1.165, 1.54) is 32.1 Å². The van der Waals surface area contributed by atoms with Gasteiger partial charge in [-0.15, -0.1) is 0 Å². The molecular formula is C13H24N2OS. The molecule has 2 saturated carbocycles. The zero-order chi connectivity index (χ0) is 12.3. The summed E-state index contributed by atoms with van der Waals surface area (Å²) in [5.41, 5.74) is 0. The van der Waals surface area contributed by atoms with Gasteiger partial charge < -0.3 is 10.2 Å². The standard InChI is InChI=1S/C13H24N2OS/c1-3-15(10-7-8-10)13(16)9-14-11-5-4-6-12(11)17-2/h10-12,14H,3-9H2,1-2H3. The van der Waals surface area contributed by atoms with E-state index in [9.17, 15) is 4.79 Å². The second kappa shape index (κ2) is 6.10. The maximum Gasteiger partial charge on any atom is 0.236 e. The minimum Gasteiger partial charge on any atom is -0.339 e. The molecule has 0 aromatic carbocycles. The molecule has 0 bridgehead atoms. The quantitative estimate of drug-likeness (QED) is 0.787. The van der Waals surface area contributed by atoms with Crippen LogP contribution in [0.2, 0.25) is 0 Å². The van der Waals surface area contributed by atoms with Crippen LogP contribution < -0.4 is 5.32 Å². The van der Waals surface area contributed by atoms with Gasteiger partial charge in [0.2, 0.25) is 5.91 Å². The van der Waals surface area contributed by atoms with E-state index in [1.54, 1.807) is 0 Å². The number of nitrogens with one attached hydrogen (secondary N) is 1. The van der Waals surface area contributed by atoms with E-state index in [-0.39, 0.29) is 0 Å². The number of hydrogen-bond acceptors (Lipinski definition) is 3. The molecule has 2 rings (SSSR count). The van der Waals surface area contributed by atoms with E-state index in [4.69, 9.17) is 0 Å². The molecule has 2 atom stereocenters. The molecule has 4 heteroatoms. The lowest BCUT2D eigenvalue weighted by molar-refractivity contribution is -0.130. The molecule has 0 saturated heterocycles. The van der Waals surface area contributed by atoms with Gasteiger partial charge in [-0.25, -0.2) is 0 Å². The number of carbonyl (C=O) groups excluding carboxylic acids is 1. The van der Waals surface area contributed by atoms with Gasteiger partial charge in [0.05, 0.1) is 6.54 Å². The minimum absolute atomic E-state index is 0.293. The number of nitrogens with zero attached hydrogens (tertiary/aromatic N) is 1. The normalized spacial score (nSPS) is 28.4. The summed E-state index contributed by atoms with van der Waals surface area (Å²) < 4.78 is 0. The van der Waals surface area contributed by atoms with Gasteiger partial charge >= 0.3 is 0 Å². The number of likely N-dealkylation sites (N-methyl/N-ethyl adjacent to an activating group) is 1. The van der Waals surface area contributed by atoms with Gasteiger partial charge in [-0.2, -0.15) is 11.8 Å². The second-order valence-corrected chi connectivity index (χ2v) is 6.18. The molecule has 1 N–H and O–H groups in total. The summed E-state index contributed by atoms with van der Waals surface area (Å²) in [6, 6.07) is 1.10. The van der Waals surface area contributed by atoms with Crippen molar-refractivity contribution in [1.82, 2.24) is 10.2 Å². The third-order valence-electron chi connectivity index (χ3n) is 3.92. The van der Waals surface area contributed by atoms with Gasteiger partial charge in [0, 0.05) is 23.9 Å². The molecule has 2 unspecified atom stereocenters. The van der Waals surface area contributed by atoms with Crippen LogP contribution in [0.3, 0.4) is 0 Å². The monoisotopic (exact) mass is 256 g/mol. The first-order valence-corrected chi connectivity index (χ1v) is 8.10. The molecule has 2 aliphatic rings. The molecule has 98 valence electrons. The molecular weight excluding hydrogens is 232 g/mol. The highest BCUT2D eigenvalue weighted by atomic mass is 32.2. The number of amides is 1. The summed E-state index contributed by atoms with van der Waals surface area (Å²) >= 11 is 1.94. The van der Waals surface area contributed by atoms with Crippen LogP contribution in [-0.4, -0.2) is 47.5 Å². The molecule has 2 fully saturated rings. The van der Waals surface area contributed by atoms with Crippen LogP contribution in [0.4, 0.5) is 0 Å². The third kappa shape index (κ3) is 3.38. The van der Waals surface area contributed by atoms with Crippen molar-refractivity contribution in [2.75, 3.05) is 19.3 Å². The van der Waals surface area contributed by atoms with Gasteiger partial charge in [0.15, 0.2) is 0 Å². The van der Waals surface area contributed by atoms with E-state index >= 15 is 0 Å². The Balaban J connectivity index is 1.75. The van der Waals surface area contributed by atoms with E-state index in [1.807, 2.05) is 16.7 Å². The lowest BCUT2D eigenvalue weighted by Gasteiger charge is -2.23. The lowest BCUT2D eigenvalue weighted by atomic mass is 10.2. The summed E-state index contributed by atoms with van der Waals surface area (Å²) in [4.78, 5) is 14.1. The molecule has 0 aromatic rings. The maximum atomic E-state index is 12.1. The summed E-state index contributed by atoms with van der Waals surface area (Å²) in [6.45, 7) is 3.48. The highest BCUT2D eigenvalue weighted by Crippen LogP contribution is 2.29. The van der Waals surface area contributed by atoms with Crippen LogP contribution in [0.1, 0.15) is 39.0 Å². The molecule has 0 aromatic heterocycles. The number of carbonyl (C=O) groups is 1. The highest BCUT2D eigenvalue weighted by Gasteiger charge is 2.32. The molecule has 1 amide bonds. The Labute approximate surface area is 109 Å². The molecule has 2 aliphatic carbocycles. The van der Waals surface area contributed by atoms with Crippen LogP contribution in [0.25, 0.3) is 0 Å². The van der Waals surface area contributed by atoms with Crippen LogP contribution in [0.15, 0.2) is 0 Å². The fraction of sp³-hybridized carbons (Fsp3) is 0.923. The number of thioether (sulfide) groups is 1. The largest absolute Gasteiger partial charge is 0.339 e. The van der Waals surface area contributed by atoms with Crippen LogP contribution in [0, 0.1) is 0 Å². The van der Waals surface area contributed by atoms with Crippen molar-refractivity contribution in [3.8, 4) is 0 Å². The van der Waals surface area contributed by atoms with Crippen molar-refractivity contribution in [3.63, 3.8) is 0 Å². The van der Waals surface area contributed by atoms with Gasteiger partial charge in [-0.1, -0.05) is 6.42 Å². The van der Waals surface area contributed by atoms with Crippen molar-refractivity contribution in [2.24, 2.45) is 0 Å². The average molecular weight is 256 g/mol. The Morgan fingerprint density at radius 1 is 1.35 bits per heavy atom. The smallest absolute Gasteiger partial charge is 0.236 e. The van der Waals surface area contributed by atoms with E-state index in [0.717, 1.165) is 6.54 Å². The SMILES string of the molecule is CCN(C(=O)CNC1CCCC1SC)C1CC1. The Bertz CT molecular complexity index is 268. The summed E-state index contributed by atoms with van der Waals surface area (Å²) in [6.07, 6.45) is 8.42. The van der Waals surface area contributed by atoms with E-state index in [2.05, 4.69) is 18.5 Å². The molecule has 0 spiro atoms. The Morgan fingerprint density at radius 3 is 2.71 bits per heavy atom. The topological polar surface area (TPSA) is 32.3 Å². The van der Waals surface area contributed by atoms with Crippen molar-refractivity contribution in [2.45, 2.75) is 56.4 Å². The number of rotatable bonds is 6. The first kappa shape index (κ1) is 13.2. The van der Waals surface area contributed by atoms with Crippen molar-refractivity contribution in [1.29, 1.82) is 0 Å². The zero-order valence-electron chi connectivity index (χ0n) is 10.9. The molecule has 0 heterocycles. The number of hydrogen-bond donors (Lipinski definition) is 1. The van der Waals surface area contributed by atoms with Gasteiger partial charge in [0.1, 0.15) is 0 Å². The lowest BCUT2D eigenvalue weighted by Crippen LogP contribution is -2.44. The third-order valence-corrected chi connectivity index (χ3v) is 5.09. The molecule has 0 aliphatic heterocycles. The van der Waals surface area contributed by atoms with Crippen LogP contribution >= 0.6 is 11.8 Å². The first-order chi connectivity index (χ1) is 8.26. The summed E-state index contributed by atoms with van der Waals surface area (Å²) in [5, 5.41) is 4.18. The Kier molecular flexibility index (Phi) is 4.74. The highest BCUT2D eigenvalue weighted by molar-refractivity contribution is 7.99. The van der Waals surface area contributed by atoms with Crippen molar-refractivity contribution >= 4 is 17.7 Å². The Morgan fingerprint density at radius 2 is 2.12 bits per heavy atom. The summed E-state index contributed by atoms with van der Waals surface area (Å²) in [5.74, 6) is 0.293. The van der Waals surface area contributed by atoms with Gasteiger partial charge in [-0.3, -0.25) is 4.79 Å². The first-order valence-electron chi connectivity index (χ1n) is 6.82. The molecule has 3 nitrogen and oxygen atoms in total. The van der Waals surface area contributed by atoms with Crippen molar-refractivity contribution < 1.29 is 4.79 Å². The minimum atomic E-state index is 0.293. The summed E-state index contributed by atoms with van der Waals surface area (Å²) in [7, 11) is 0. The van der Waals surface area contributed by atoms with Gasteiger partial charge in [-0.05, 0) is 38.9 Å². The second-order valence-electron chi connectivity index (χ2n) is 5.10. The predicted octanol–water partition coefficient (Wildman–Crippen LogP) is 1.87. The van der Waals surface area contributed by atoms with Gasteiger partial charge in [0.25, 0.3) is 0 Å². The predicted molar refractivity (Wildman–Crippen MR) is 73.4 cm³/mol. The van der Waals surface area contributed by atoms with Crippen LogP contribution in [-0.2, 0) is 4.79 Å². The van der Waals surface area contributed by atoms with E-state index < -0.39 is 0 Å².